The molecule has 1 aromatic carbocycles. The number of para-hydroxylation sites is 1. The maximum atomic E-state index is 8.88. The molecule has 2 aromatic heterocycles. The molecule has 0 bridgehead atoms. The normalized spacial score (nSPS) is 15.0. The highest BCUT2D eigenvalue weighted by Crippen LogP contribution is 2.33. The first-order valence-corrected chi connectivity index (χ1v) is 9.40. The van der Waals surface area contributed by atoms with Gasteiger partial charge in [-0.25, -0.2) is 4.98 Å². The second kappa shape index (κ2) is 6.66. The Morgan fingerprint density at radius 1 is 1.29 bits per heavy atom. The summed E-state index contributed by atoms with van der Waals surface area (Å²) in [5.41, 5.74) is 3.34. The van der Waals surface area contributed by atoms with Gasteiger partial charge in [0.05, 0.1) is 18.2 Å². The maximum absolute atomic E-state index is 8.88. The zero-order valence-corrected chi connectivity index (χ0v) is 14.4. The Bertz CT molecular complexity index is 880. The van der Waals surface area contributed by atoms with Crippen molar-refractivity contribution < 1.29 is 0 Å². The van der Waals surface area contributed by atoms with Crippen molar-refractivity contribution in [3.63, 3.8) is 0 Å². The summed E-state index contributed by atoms with van der Waals surface area (Å²) in [6, 6.07) is 11.2. The molecule has 1 fully saturated rings. The molecule has 0 unspecified atom stereocenters. The van der Waals surface area contributed by atoms with Gasteiger partial charge in [-0.3, -0.25) is 0 Å². The van der Waals surface area contributed by atoms with Crippen LogP contribution in [-0.2, 0) is 6.54 Å². The molecule has 5 heteroatoms. The summed E-state index contributed by atoms with van der Waals surface area (Å²) < 4.78 is 2.16. The zero-order chi connectivity index (χ0) is 16.4. The largest absolute Gasteiger partial charge is 0.359 e. The highest BCUT2D eigenvalue weighted by molar-refractivity contribution is 7.14. The van der Waals surface area contributed by atoms with Gasteiger partial charge in [-0.1, -0.05) is 31.0 Å². The molecule has 0 radical (unpaired) electrons. The van der Waals surface area contributed by atoms with E-state index in [0.29, 0.717) is 19.0 Å². The van der Waals surface area contributed by atoms with E-state index in [1.54, 1.807) is 11.3 Å². The summed E-state index contributed by atoms with van der Waals surface area (Å²) in [6.07, 6.45) is 7.80. The molecule has 0 atom stereocenters. The summed E-state index contributed by atoms with van der Waals surface area (Å²) in [6.45, 7) is 0.717. The van der Waals surface area contributed by atoms with Crippen LogP contribution in [0.1, 0.15) is 32.1 Å². The van der Waals surface area contributed by atoms with Gasteiger partial charge in [-0.05, 0) is 18.9 Å². The molecule has 4 nitrogen and oxygen atoms in total. The molecule has 4 rings (SSSR count). The first-order chi connectivity index (χ1) is 11.8. The van der Waals surface area contributed by atoms with Crippen LogP contribution in [-0.4, -0.2) is 15.6 Å². The first-order valence-electron chi connectivity index (χ1n) is 8.52. The van der Waals surface area contributed by atoms with Crippen molar-refractivity contribution in [1.82, 2.24) is 9.55 Å². The van der Waals surface area contributed by atoms with Crippen LogP contribution in [0.15, 0.2) is 35.8 Å². The number of nitrogens with zero attached hydrogens (tertiary/aromatic N) is 3. The first kappa shape index (κ1) is 15.2. The number of hydrogen-bond donors (Lipinski definition) is 1. The van der Waals surface area contributed by atoms with Gasteiger partial charge in [0.2, 0.25) is 0 Å². The topological polar surface area (TPSA) is 53.6 Å². The Hall–Kier alpha value is -2.32. The van der Waals surface area contributed by atoms with Crippen LogP contribution < -0.4 is 5.32 Å². The van der Waals surface area contributed by atoms with E-state index in [2.05, 4.69) is 45.7 Å². The monoisotopic (exact) mass is 336 g/mol. The minimum absolute atomic E-state index is 0.518. The van der Waals surface area contributed by atoms with Crippen LogP contribution in [0, 0.1) is 11.3 Å². The molecule has 0 saturated heterocycles. The smallest absolute Gasteiger partial charge is 0.183 e. The molecular formula is C19H20N4S. The van der Waals surface area contributed by atoms with Crippen LogP contribution in [0.2, 0.25) is 0 Å². The standard InChI is InChI=1S/C19H20N4S/c20-10-5-11-23-12-16(15-8-3-4-9-18(15)23)17-13-24-19(22-17)21-14-6-1-2-7-14/h3-4,8-9,12-14H,1-2,5-7,11H2,(H,21,22). The Kier molecular flexibility index (Phi) is 4.22. The number of rotatable bonds is 5. The summed E-state index contributed by atoms with van der Waals surface area (Å²) in [7, 11) is 0. The van der Waals surface area contributed by atoms with Crippen molar-refractivity contribution in [2.45, 2.75) is 44.7 Å². The summed E-state index contributed by atoms with van der Waals surface area (Å²) in [5.74, 6) is 0. The Labute approximate surface area is 145 Å². The minimum Gasteiger partial charge on any atom is -0.359 e. The van der Waals surface area contributed by atoms with Gasteiger partial charge < -0.3 is 9.88 Å². The molecule has 0 aliphatic heterocycles. The molecule has 2 heterocycles. The second-order valence-corrected chi connectivity index (χ2v) is 7.18. The van der Waals surface area contributed by atoms with E-state index in [-0.39, 0.29) is 0 Å². The van der Waals surface area contributed by atoms with Gasteiger partial charge in [0.25, 0.3) is 0 Å². The fourth-order valence-corrected chi connectivity index (χ4v) is 4.30. The summed E-state index contributed by atoms with van der Waals surface area (Å²) in [5, 5.41) is 16.8. The van der Waals surface area contributed by atoms with Crippen molar-refractivity contribution in [3.05, 3.63) is 35.8 Å². The molecule has 1 aliphatic carbocycles. The van der Waals surface area contributed by atoms with E-state index < -0.39 is 0 Å². The van der Waals surface area contributed by atoms with E-state index in [1.807, 2.05) is 6.07 Å². The highest BCUT2D eigenvalue weighted by atomic mass is 32.1. The summed E-state index contributed by atoms with van der Waals surface area (Å²) in [4.78, 5) is 4.82. The lowest BCUT2D eigenvalue weighted by molar-refractivity contribution is 0.745. The van der Waals surface area contributed by atoms with E-state index in [4.69, 9.17) is 10.2 Å². The number of benzene rings is 1. The second-order valence-electron chi connectivity index (χ2n) is 6.33. The lowest BCUT2D eigenvalue weighted by Crippen LogP contribution is -2.13. The molecular weight excluding hydrogens is 316 g/mol. The van der Waals surface area contributed by atoms with Gasteiger partial charge in [-0.2, -0.15) is 5.26 Å². The van der Waals surface area contributed by atoms with Gasteiger partial charge in [0.15, 0.2) is 5.13 Å². The van der Waals surface area contributed by atoms with Gasteiger partial charge in [-0.15, -0.1) is 11.3 Å². The van der Waals surface area contributed by atoms with Gasteiger partial charge in [0, 0.05) is 40.6 Å². The lowest BCUT2D eigenvalue weighted by Gasteiger charge is -2.09. The van der Waals surface area contributed by atoms with Crippen molar-refractivity contribution in [2.75, 3.05) is 5.32 Å². The van der Waals surface area contributed by atoms with Crippen LogP contribution >= 0.6 is 11.3 Å². The molecule has 24 heavy (non-hydrogen) atoms. The fraction of sp³-hybridized carbons (Fsp3) is 0.368. The number of thiazole rings is 1. The predicted octanol–water partition coefficient (Wildman–Crippen LogP) is 5.03. The van der Waals surface area contributed by atoms with Crippen LogP contribution in [0.25, 0.3) is 22.2 Å². The third-order valence-corrected chi connectivity index (χ3v) is 5.49. The van der Waals surface area contributed by atoms with Crippen molar-refractivity contribution in [3.8, 4) is 17.3 Å². The average molecular weight is 336 g/mol. The predicted molar refractivity (Wildman–Crippen MR) is 99.2 cm³/mol. The number of hydrogen-bond acceptors (Lipinski definition) is 4. The SMILES string of the molecule is N#CCCn1cc(-c2csc(NC3CCCC3)n2)c2ccccc21. The molecule has 3 aromatic rings. The van der Waals surface area contributed by atoms with Crippen LogP contribution in [0.3, 0.4) is 0 Å². The van der Waals surface area contributed by atoms with Crippen molar-refractivity contribution >= 4 is 27.4 Å². The molecule has 1 aliphatic rings. The Morgan fingerprint density at radius 2 is 2.12 bits per heavy atom. The molecule has 122 valence electrons. The molecule has 1 saturated carbocycles. The van der Waals surface area contributed by atoms with Crippen molar-refractivity contribution in [2.24, 2.45) is 0 Å². The molecule has 0 spiro atoms. The quantitative estimate of drug-likeness (QED) is 0.710. The number of anilines is 1. The van der Waals surface area contributed by atoms with E-state index in [0.717, 1.165) is 16.4 Å². The van der Waals surface area contributed by atoms with Gasteiger partial charge >= 0.3 is 0 Å². The number of aromatic nitrogens is 2. The van der Waals surface area contributed by atoms with Crippen LogP contribution in [0.5, 0.6) is 0 Å². The highest BCUT2D eigenvalue weighted by Gasteiger charge is 2.17. The van der Waals surface area contributed by atoms with Gasteiger partial charge in [0.1, 0.15) is 0 Å². The zero-order valence-electron chi connectivity index (χ0n) is 13.5. The Balaban J connectivity index is 1.66. The van der Waals surface area contributed by atoms with E-state index in [9.17, 15) is 0 Å². The number of nitrogens with one attached hydrogen (secondary N) is 1. The molecule has 1 N–H and O–H groups in total. The number of fused-ring (bicyclic) bond motifs is 1. The Morgan fingerprint density at radius 3 is 2.96 bits per heavy atom. The average Bonchev–Trinajstić information content (AvgIpc) is 3.33. The van der Waals surface area contributed by atoms with Crippen LogP contribution in [0.4, 0.5) is 5.13 Å². The maximum Gasteiger partial charge on any atom is 0.183 e. The van der Waals surface area contributed by atoms with E-state index >= 15 is 0 Å². The number of aryl methyl sites for hydroxylation is 1. The van der Waals surface area contributed by atoms with Crippen molar-refractivity contribution in [1.29, 1.82) is 5.26 Å². The molecule has 0 amide bonds. The third kappa shape index (κ3) is 2.90. The lowest BCUT2D eigenvalue weighted by atomic mass is 10.1. The fourth-order valence-electron chi connectivity index (χ4n) is 3.51. The van der Waals surface area contributed by atoms with E-state index in [1.165, 1.54) is 36.6 Å². The number of nitriles is 1. The third-order valence-electron chi connectivity index (χ3n) is 4.72. The minimum atomic E-state index is 0.518. The summed E-state index contributed by atoms with van der Waals surface area (Å²) >= 11 is 1.68.